The molecule has 1 heterocycles. The van der Waals surface area contributed by atoms with Gasteiger partial charge >= 0.3 is 0 Å². The van der Waals surface area contributed by atoms with Gasteiger partial charge in [0.1, 0.15) is 11.8 Å². The summed E-state index contributed by atoms with van der Waals surface area (Å²) < 4.78 is 12.4. The smallest absolute Gasteiger partial charge is 0.229 e. The normalized spacial score (nSPS) is 12.9. The van der Waals surface area contributed by atoms with Crippen LogP contribution in [0.4, 0.5) is 15.9 Å². The predicted molar refractivity (Wildman–Crippen MR) is 129 cm³/mol. The lowest BCUT2D eigenvalue weighted by molar-refractivity contribution is -0.115. The van der Waals surface area contributed by atoms with Crippen molar-refractivity contribution in [1.29, 1.82) is 0 Å². The first kappa shape index (κ1) is 23.6. The Hall–Kier alpha value is -4.10. The van der Waals surface area contributed by atoms with Gasteiger partial charge in [0.25, 0.3) is 0 Å². The second-order valence-electron chi connectivity index (χ2n) is 7.21. The van der Waals surface area contributed by atoms with Gasteiger partial charge in [-0.25, -0.2) is 14.4 Å². The Labute approximate surface area is 192 Å². The summed E-state index contributed by atoms with van der Waals surface area (Å²) in [6.07, 6.45) is 7.02. The minimum absolute atomic E-state index is 0.00303. The topological polar surface area (TPSA) is 101 Å². The Morgan fingerprint density at radius 3 is 2.58 bits per heavy atom. The molecule has 0 aliphatic heterocycles. The van der Waals surface area contributed by atoms with Crippen LogP contribution in [0.1, 0.15) is 30.7 Å². The van der Waals surface area contributed by atoms with E-state index in [0.29, 0.717) is 28.8 Å². The number of aliphatic hydroxyl groups excluding tert-OH is 1. The molecule has 3 rings (SSSR count). The Morgan fingerprint density at radius 2 is 1.91 bits per heavy atom. The Balaban J connectivity index is 1.96. The number of halogens is 1. The highest BCUT2D eigenvalue weighted by Crippen LogP contribution is 2.28. The second-order valence-corrected chi connectivity index (χ2v) is 7.21. The summed E-state index contributed by atoms with van der Waals surface area (Å²) in [6.45, 7) is 1.81. The van der Waals surface area contributed by atoms with Crippen molar-refractivity contribution in [1.82, 2.24) is 9.97 Å². The van der Waals surface area contributed by atoms with E-state index in [1.807, 2.05) is 18.2 Å². The molecule has 6 nitrogen and oxygen atoms in total. The van der Waals surface area contributed by atoms with Crippen molar-refractivity contribution < 1.29 is 14.3 Å². The summed E-state index contributed by atoms with van der Waals surface area (Å²) in [5.74, 6) is -0.223. The maximum Gasteiger partial charge on any atom is 0.229 e. The third kappa shape index (κ3) is 6.44. The molecule has 2 aromatic carbocycles. The van der Waals surface area contributed by atoms with Gasteiger partial charge in [-0.3, -0.25) is 4.79 Å². The van der Waals surface area contributed by atoms with E-state index < -0.39 is 6.10 Å². The Morgan fingerprint density at radius 1 is 1.18 bits per heavy atom. The number of anilines is 2. The maximum atomic E-state index is 12.7. The van der Waals surface area contributed by atoms with Crippen LogP contribution >= 0.6 is 0 Å². The molecule has 33 heavy (non-hydrogen) atoms. The van der Waals surface area contributed by atoms with Crippen molar-refractivity contribution in [2.75, 3.05) is 11.1 Å². The zero-order chi connectivity index (χ0) is 23.6. The molecule has 1 unspecified atom stereocenters. The number of aromatic nitrogens is 2. The zero-order valence-electron chi connectivity index (χ0n) is 18.1. The molecule has 0 radical (unpaired) electrons. The van der Waals surface area contributed by atoms with Gasteiger partial charge in [-0.05, 0) is 36.3 Å². The number of carbonyl (C=O) groups excluding carboxylic acids is 1. The fraction of sp³-hybridized carbons (Fsp3) is 0.115. The molecule has 1 atom stereocenters. The van der Waals surface area contributed by atoms with Crippen LogP contribution in [0.5, 0.6) is 0 Å². The van der Waals surface area contributed by atoms with E-state index >= 15 is 0 Å². The summed E-state index contributed by atoms with van der Waals surface area (Å²) >= 11 is 0. The average molecular weight is 445 g/mol. The lowest BCUT2D eigenvalue weighted by atomic mass is 10.1. The average Bonchev–Trinajstić information content (AvgIpc) is 2.83. The number of hydrogen-bond donors (Lipinski definition) is 3. The molecule has 168 valence electrons. The van der Waals surface area contributed by atoms with Gasteiger partial charge in [0.05, 0.1) is 24.6 Å². The van der Waals surface area contributed by atoms with E-state index in [0.717, 1.165) is 5.56 Å². The second kappa shape index (κ2) is 11.5. The summed E-state index contributed by atoms with van der Waals surface area (Å²) in [7, 11) is 0. The largest absolute Gasteiger partial charge is 0.399 e. The van der Waals surface area contributed by atoms with E-state index in [1.54, 1.807) is 55.5 Å². The van der Waals surface area contributed by atoms with E-state index in [9.17, 15) is 14.3 Å². The number of benzene rings is 2. The lowest BCUT2D eigenvalue weighted by Crippen LogP contribution is -2.17. The van der Waals surface area contributed by atoms with Gasteiger partial charge in [0, 0.05) is 11.3 Å². The third-order valence-corrected chi connectivity index (χ3v) is 4.77. The standard InChI is InChI=1S/C26H25FN4O2/c1-2-7-18(8-6-15-27)16-23(32)31-26-24(25(33)20-9-4-3-5-10-20)30-22(17-29-26)19-11-13-21(28)14-12-19/h2-15,17,25,33H,16,28H2,1H3,(H,29,31,32)/b7-2-,15-6+,18-8+. The molecule has 0 aliphatic carbocycles. The fourth-order valence-corrected chi connectivity index (χ4v) is 3.19. The molecule has 1 amide bonds. The molecule has 0 bridgehead atoms. The minimum atomic E-state index is -1.11. The van der Waals surface area contributed by atoms with E-state index in [2.05, 4.69) is 15.3 Å². The van der Waals surface area contributed by atoms with Crippen molar-refractivity contribution in [3.63, 3.8) is 0 Å². The van der Waals surface area contributed by atoms with E-state index in [4.69, 9.17) is 5.73 Å². The van der Waals surface area contributed by atoms with Crippen LogP contribution in [0, 0.1) is 0 Å². The molecule has 1 aromatic heterocycles. The molecule has 7 heteroatoms. The number of nitrogen functional groups attached to an aromatic ring is 1. The van der Waals surface area contributed by atoms with Gasteiger partial charge in [0.2, 0.25) is 5.91 Å². The van der Waals surface area contributed by atoms with Crippen LogP contribution < -0.4 is 11.1 Å². The number of rotatable bonds is 8. The molecule has 0 saturated heterocycles. The zero-order valence-corrected chi connectivity index (χ0v) is 18.1. The number of nitrogens with zero attached hydrogens (tertiary/aromatic N) is 2. The number of amides is 1. The molecule has 0 fully saturated rings. The SMILES string of the molecule is C\C=C/C(=C\C=C\F)CC(=O)Nc1ncc(-c2ccc(N)cc2)nc1C(O)c1ccccc1. The molecule has 0 saturated carbocycles. The first-order valence-electron chi connectivity index (χ1n) is 10.4. The highest BCUT2D eigenvalue weighted by molar-refractivity contribution is 5.92. The van der Waals surface area contributed by atoms with Crippen LogP contribution in [-0.2, 0) is 4.79 Å². The van der Waals surface area contributed by atoms with Gasteiger partial charge in [-0.2, -0.15) is 0 Å². The first-order chi connectivity index (χ1) is 16.0. The molecule has 4 N–H and O–H groups in total. The molecule has 0 aliphatic rings. The van der Waals surface area contributed by atoms with Gasteiger partial charge in [-0.15, -0.1) is 0 Å². The Bertz CT molecular complexity index is 1170. The van der Waals surface area contributed by atoms with Crippen molar-refractivity contribution in [2.24, 2.45) is 0 Å². The summed E-state index contributed by atoms with van der Waals surface area (Å²) in [5.41, 5.74) is 9.12. The summed E-state index contributed by atoms with van der Waals surface area (Å²) in [4.78, 5) is 21.7. The number of aliphatic hydroxyl groups is 1. The monoisotopic (exact) mass is 444 g/mol. The quantitative estimate of drug-likeness (QED) is 0.331. The summed E-state index contributed by atoms with van der Waals surface area (Å²) in [6, 6.07) is 16.1. The predicted octanol–water partition coefficient (Wildman–Crippen LogP) is 5.12. The molecule has 0 spiro atoms. The number of allylic oxidation sites excluding steroid dienone is 4. The van der Waals surface area contributed by atoms with Crippen LogP contribution in [-0.4, -0.2) is 21.0 Å². The highest BCUT2D eigenvalue weighted by atomic mass is 19.1. The van der Waals surface area contributed by atoms with Gasteiger partial charge in [-0.1, -0.05) is 60.7 Å². The number of nitrogens with two attached hydrogens (primary N) is 1. The first-order valence-corrected chi connectivity index (χ1v) is 10.4. The summed E-state index contributed by atoms with van der Waals surface area (Å²) in [5, 5.41) is 13.8. The Kier molecular flexibility index (Phi) is 8.21. The van der Waals surface area contributed by atoms with Crippen molar-refractivity contribution in [2.45, 2.75) is 19.4 Å². The van der Waals surface area contributed by atoms with Crippen molar-refractivity contribution in [3.05, 3.63) is 108 Å². The minimum Gasteiger partial charge on any atom is -0.399 e. The molecular weight excluding hydrogens is 419 g/mol. The van der Waals surface area contributed by atoms with Crippen molar-refractivity contribution in [3.8, 4) is 11.3 Å². The third-order valence-electron chi connectivity index (χ3n) is 4.77. The number of hydrogen-bond acceptors (Lipinski definition) is 5. The molecule has 3 aromatic rings. The maximum absolute atomic E-state index is 12.7. The van der Waals surface area contributed by atoms with E-state index in [1.165, 1.54) is 18.3 Å². The van der Waals surface area contributed by atoms with Crippen LogP contribution in [0.3, 0.4) is 0 Å². The van der Waals surface area contributed by atoms with Crippen LogP contribution in [0.25, 0.3) is 11.3 Å². The van der Waals surface area contributed by atoms with Gasteiger partial charge in [0.15, 0.2) is 5.82 Å². The lowest BCUT2D eigenvalue weighted by Gasteiger charge is -2.16. The fourth-order valence-electron chi connectivity index (χ4n) is 3.19. The van der Waals surface area contributed by atoms with Crippen molar-refractivity contribution >= 4 is 17.4 Å². The van der Waals surface area contributed by atoms with Crippen LogP contribution in [0.15, 0.2) is 97.0 Å². The van der Waals surface area contributed by atoms with Crippen LogP contribution in [0.2, 0.25) is 0 Å². The van der Waals surface area contributed by atoms with E-state index in [-0.39, 0.29) is 23.8 Å². The highest BCUT2D eigenvalue weighted by Gasteiger charge is 2.20. The molecular formula is C26H25FN4O2. The number of nitrogens with one attached hydrogen (secondary N) is 1. The number of carbonyl (C=O) groups is 1. The van der Waals surface area contributed by atoms with Gasteiger partial charge < -0.3 is 16.2 Å².